The van der Waals surface area contributed by atoms with Gasteiger partial charge in [0.2, 0.25) is 0 Å². The molecule has 5 heteroatoms. The van der Waals surface area contributed by atoms with Crippen LogP contribution < -0.4 is 10.6 Å². The Morgan fingerprint density at radius 2 is 2.05 bits per heavy atom. The maximum absolute atomic E-state index is 11.6. The molecule has 0 atom stereocenters. The van der Waals surface area contributed by atoms with E-state index in [1.165, 1.54) is 6.07 Å². The van der Waals surface area contributed by atoms with Gasteiger partial charge in [-0.1, -0.05) is 6.08 Å². The van der Waals surface area contributed by atoms with Crippen LogP contribution in [-0.4, -0.2) is 23.7 Å². The average Bonchev–Trinajstić information content (AvgIpc) is 2.33. The maximum atomic E-state index is 11.6. The van der Waals surface area contributed by atoms with Crippen LogP contribution in [0.25, 0.3) is 0 Å². The zero-order valence-corrected chi connectivity index (χ0v) is 11.1. The molecule has 1 aromatic rings. The Balaban J connectivity index is 2.81. The summed E-state index contributed by atoms with van der Waals surface area (Å²) in [6.45, 7) is 7.60. The number of nitrogens with one attached hydrogen (secondary N) is 2. The fraction of sp³-hybridized carbons (Fsp3) is 0.286. The second-order valence-corrected chi connectivity index (χ2v) is 4.23. The first-order chi connectivity index (χ1) is 8.95. The molecule has 0 aliphatic heterocycles. The number of rotatable bonds is 5. The molecule has 102 valence electrons. The van der Waals surface area contributed by atoms with E-state index in [2.05, 4.69) is 17.2 Å². The number of amides is 2. The molecule has 0 spiro atoms. The van der Waals surface area contributed by atoms with Crippen LogP contribution >= 0.6 is 0 Å². The van der Waals surface area contributed by atoms with E-state index in [1.54, 1.807) is 19.1 Å². The Morgan fingerprint density at radius 3 is 2.63 bits per heavy atom. The Bertz CT molecular complexity index is 510. The van der Waals surface area contributed by atoms with Crippen molar-refractivity contribution in [3.8, 4) is 0 Å². The van der Waals surface area contributed by atoms with Crippen LogP contribution in [0.5, 0.6) is 0 Å². The molecule has 0 aliphatic carbocycles. The zero-order chi connectivity index (χ0) is 14.4. The van der Waals surface area contributed by atoms with Gasteiger partial charge in [-0.2, -0.15) is 0 Å². The third-order valence-electron chi connectivity index (χ3n) is 2.79. The van der Waals surface area contributed by atoms with Gasteiger partial charge in [0.1, 0.15) is 0 Å². The Labute approximate surface area is 112 Å². The summed E-state index contributed by atoms with van der Waals surface area (Å²) in [5, 5.41) is 14.3. The van der Waals surface area contributed by atoms with Crippen molar-refractivity contribution >= 4 is 17.7 Å². The number of hydrogen-bond donors (Lipinski definition) is 3. The highest BCUT2D eigenvalue weighted by molar-refractivity contribution is 5.94. The summed E-state index contributed by atoms with van der Waals surface area (Å²) in [7, 11) is 0. The lowest BCUT2D eigenvalue weighted by molar-refractivity contribution is 0.0696. The van der Waals surface area contributed by atoms with Crippen molar-refractivity contribution in [3.63, 3.8) is 0 Å². The van der Waals surface area contributed by atoms with E-state index in [1.807, 2.05) is 6.92 Å². The van der Waals surface area contributed by atoms with Crippen molar-refractivity contribution in [1.82, 2.24) is 5.32 Å². The minimum atomic E-state index is -1.00. The van der Waals surface area contributed by atoms with Gasteiger partial charge in [-0.3, -0.25) is 0 Å². The van der Waals surface area contributed by atoms with Crippen LogP contribution in [0.2, 0.25) is 0 Å². The molecule has 0 radical (unpaired) electrons. The van der Waals surface area contributed by atoms with E-state index in [9.17, 15) is 9.59 Å². The van der Waals surface area contributed by atoms with Gasteiger partial charge in [0.25, 0.3) is 0 Å². The molecule has 0 heterocycles. The smallest absolute Gasteiger partial charge is 0.336 e. The summed E-state index contributed by atoms with van der Waals surface area (Å²) < 4.78 is 0. The van der Waals surface area contributed by atoms with Gasteiger partial charge in [0, 0.05) is 12.2 Å². The summed E-state index contributed by atoms with van der Waals surface area (Å²) in [6, 6.07) is 2.84. The molecule has 19 heavy (non-hydrogen) atoms. The van der Waals surface area contributed by atoms with Crippen LogP contribution in [-0.2, 0) is 0 Å². The average molecular weight is 262 g/mol. The SMILES string of the molecule is C=CCCNC(=O)Nc1cc(C)c(C)c(C(=O)O)c1. The van der Waals surface area contributed by atoms with Gasteiger partial charge in [0.15, 0.2) is 0 Å². The number of carboxylic acids is 1. The minimum Gasteiger partial charge on any atom is -0.478 e. The summed E-state index contributed by atoms with van der Waals surface area (Å²) >= 11 is 0. The Kier molecular flexibility index (Phi) is 5.11. The Morgan fingerprint density at radius 1 is 1.37 bits per heavy atom. The predicted molar refractivity (Wildman–Crippen MR) is 74.7 cm³/mol. The molecule has 0 aromatic heterocycles. The standard InChI is InChI=1S/C14H18N2O3/c1-4-5-6-15-14(19)16-11-7-9(2)10(3)12(8-11)13(17)18/h4,7-8H,1,5-6H2,2-3H3,(H,17,18)(H2,15,16,19). The number of hydrogen-bond acceptors (Lipinski definition) is 2. The molecule has 3 N–H and O–H groups in total. The first-order valence-corrected chi connectivity index (χ1v) is 5.96. The Hall–Kier alpha value is -2.30. The number of carbonyl (C=O) groups is 2. The van der Waals surface area contributed by atoms with Gasteiger partial charge in [0.05, 0.1) is 5.56 Å². The molecule has 0 saturated carbocycles. The first kappa shape index (κ1) is 14.8. The number of aromatic carboxylic acids is 1. The molecule has 0 unspecified atom stereocenters. The summed E-state index contributed by atoms with van der Waals surface area (Å²) in [6.07, 6.45) is 2.39. The van der Waals surface area contributed by atoms with Gasteiger partial charge in [-0.05, 0) is 43.5 Å². The third kappa shape index (κ3) is 4.13. The van der Waals surface area contributed by atoms with Gasteiger partial charge >= 0.3 is 12.0 Å². The van der Waals surface area contributed by atoms with Crippen LogP contribution in [0.4, 0.5) is 10.5 Å². The van der Waals surface area contributed by atoms with Crippen LogP contribution in [0, 0.1) is 13.8 Å². The molecule has 1 rings (SSSR count). The van der Waals surface area contributed by atoms with Gasteiger partial charge in [-0.25, -0.2) is 9.59 Å². The molecule has 0 bridgehead atoms. The largest absolute Gasteiger partial charge is 0.478 e. The molecule has 0 fully saturated rings. The van der Waals surface area contributed by atoms with Crippen molar-refractivity contribution in [2.75, 3.05) is 11.9 Å². The van der Waals surface area contributed by atoms with Crippen LogP contribution in [0.3, 0.4) is 0 Å². The molecular formula is C14H18N2O3. The van der Waals surface area contributed by atoms with Crippen molar-refractivity contribution in [3.05, 3.63) is 41.5 Å². The second-order valence-electron chi connectivity index (χ2n) is 4.23. The monoisotopic (exact) mass is 262 g/mol. The summed E-state index contributed by atoms with van der Waals surface area (Å²) in [4.78, 5) is 22.6. The lowest BCUT2D eigenvalue weighted by Crippen LogP contribution is -2.29. The topological polar surface area (TPSA) is 78.4 Å². The normalized spacial score (nSPS) is 9.79. The molecule has 5 nitrogen and oxygen atoms in total. The highest BCUT2D eigenvalue weighted by Gasteiger charge is 2.11. The zero-order valence-electron chi connectivity index (χ0n) is 11.1. The van der Waals surface area contributed by atoms with Gasteiger partial charge in [-0.15, -0.1) is 6.58 Å². The van der Waals surface area contributed by atoms with Crippen molar-refractivity contribution in [1.29, 1.82) is 0 Å². The predicted octanol–water partition coefficient (Wildman–Crippen LogP) is 2.70. The third-order valence-corrected chi connectivity index (χ3v) is 2.79. The number of carbonyl (C=O) groups excluding carboxylic acids is 1. The minimum absolute atomic E-state index is 0.196. The second kappa shape index (κ2) is 6.58. The quantitative estimate of drug-likeness (QED) is 0.564. The summed E-state index contributed by atoms with van der Waals surface area (Å²) in [5.74, 6) is -1.00. The molecule has 2 amide bonds. The van der Waals surface area contributed by atoms with E-state index in [4.69, 9.17) is 5.11 Å². The number of anilines is 1. The van der Waals surface area contributed by atoms with E-state index in [0.29, 0.717) is 24.2 Å². The van der Waals surface area contributed by atoms with E-state index in [-0.39, 0.29) is 11.6 Å². The fourth-order valence-electron chi connectivity index (χ4n) is 1.62. The highest BCUT2D eigenvalue weighted by atomic mass is 16.4. The fourth-order valence-corrected chi connectivity index (χ4v) is 1.62. The van der Waals surface area contributed by atoms with Crippen molar-refractivity contribution in [2.45, 2.75) is 20.3 Å². The van der Waals surface area contributed by atoms with Crippen LogP contribution in [0.1, 0.15) is 27.9 Å². The molecule has 0 aliphatic rings. The van der Waals surface area contributed by atoms with E-state index in [0.717, 1.165) is 5.56 Å². The molecule has 0 saturated heterocycles. The highest BCUT2D eigenvalue weighted by Crippen LogP contribution is 2.19. The molecular weight excluding hydrogens is 244 g/mol. The number of carboxylic acid groups (broad SMARTS) is 1. The first-order valence-electron chi connectivity index (χ1n) is 5.96. The summed E-state index contributed by atoms with van der Waals surface area (Å²) in [5.41, 5.74) is 2.18. The van der Waals surface area contributed by atoms with E-state index >= 15 is 0 Å². The number of aryl methyl sites for hydroxylation is 1. The number of urea groups is 1. The van der Waals surface area contributed by atoms with Gasteiger partial charge < -0.3 is 15.7 Å². The number of benzene rings is 1. The lowest BCUT2D eigenvalue weighted by Gasteiger charge is -2.11. The molecule has 1 aromatic carbocycles. The maximum Gasteiger partial charge on any atom is 0.336 e. The van der Waals surface area contributed by atoms with Crippen molar-refractivity contribution in [2.24, 2.45) is 0 Å². The lowest BCUT2D eigenvalue weighted by atomic mass is 10.0. The van der Waals surface area contributed by atoms with E-state index < -0.39 is 5.97 Å². The van der Waals surface area contributed by atoms with Crippen molar-refractivity contribution < 1.29 is 14.7 Å². The van der Waals surface area contributed by atoms with Crippen LogP contribution in [0.15, 0.2) is 24.8 Å².